The van der Waals surface area contributed by atoms with Crippen molar-refractivity contribution in [3.8, 4) is 11.4 Å². The zero-order chi connectivity index (χ0) is 15.4. The molecule has 116 valence electrons. The molecular formula is C18H23N3O. The van der Waals surface area contributed by atoms with Crippen molar-refractivity contribution in [1.29, 1.82) is 0 Å². The van der Waals surface area contributed by atoms with E-state index < -0.39 is 0 Å². The number of imidazole rings is 1. The minimum Gasteiger partial charge on any atom is -0.354 e. The van der Waals surface area contributed by atoms with Crippen LogP contribution in [0.2, 0.25) is 0 Å². The molecule has 0 atom stereocenters. The summed E-state index contributed by atoms with van der Waals surface area (Å²) in [4.78, 5) is 16.6. The average molecular weight is 297 g/mol. The van der Waals surface area contributed by atoms with Crippen LogP contribution in [0.5, 0.6) is 0 Å². The number of hydrogen-bond donors (Lipinski definition) is 1. The third-order valence-corrected chi connectivity index (χ3v) is 4.45. The number of aryl methyl sites for hydroxylation is 1. The Morgan fingerprint density at radius 3 is 2.73 bits per heavy atom. The summed E-state index contributed by atoms with van der Waals surface area (Å²) < 4.78 is 2.17. The highest BCUT2D eigenvalue weighted by Crippen LogP contribution is 2.24. The quantitative estimate of drug-likeness (QED) is 0.921. The second-order valence-electron chi connectivity index (χ2n) is 6.01. The predicted octanol–water partition coefficient (Wildman–Crippen LogP) is 3.16. The van der Waals surface area contributed by atoms with E-state index in [0.717, 1.165) is 36.5 Å². The van der Waals surface area contributed by atoms with E-state index in [-0.39, 0.29) is 11.8 Å². The molecule has 1 aromatic heterocycles. The number of amides is 1. The number of nitrogens with zero attached hydrogens (tertiary/aromatic N) is 2. The summed E-state index contributed by atoms with van der Waals surface area (Å²) in [5.74, 6) is 1.42. The number of aromatic nitrogens is 2. The molecule has 1 aliphatic carbocycles. The van der Waals surface area contributed by atoms with Gasteiger partial charge in [0.15, 0.2) is 0 Å². The summed E-state index contributed by atoms with van der Waals surface area (Å²) >= 11 is 0. The molecule has 0 bridgehead atoms. The zero-order valence-corrected chi connectivity index (χ0v) is 13.1. The van der Waals surface area contributed by atoms with Crippen molar-refractivity contribution < 1.29 is 4.79 Å². The topological polar surface area (TPSA) is 46.9 Å². The number of rotatable bonds is 5. The molecule has 2 aromatic rings. The van der Waals surface area contributed by atoms with E-state index >= 15 is 0 Å². The van der Waals surface area contributed by atoms with Gasteiger partial charge < -0.3 is 9.88 Å². The molecule has 0 aliphatic heterocycles. The predicted molar refractivity (Wildman–Crippen MR) is 87.4 cm³/mol. The maximum Gasteiger partial charge on any atom is 0.223 e. The molecule has 0 radical (unpaired) electrons. The number of nitrogens with one attached hydrogen (secondary N) is 1. The molecule has 1 aromatic carbocycles. The summed E-state index contributed by atoms with van der Waals surface area (Å²) in [6, 6.07) is 10.2. The Morgan fingerprint density at radius 2 is 2.00 bits per heavy atom. The first-order chi connectivity index (χ1) is 10.8. The van der Waals surface area contributed by atoms with Gasteiger partial charge in [-0.3, -0.25) is 4.79 Å². The van der Waals surface area contributed by atoms with Crippen molar-refractivity contribution in [3.05, 3.63) is 42.2 Å². The molecule has 1 heterocycles. The Bertz CT molecular complexity index is 627. The van der Waals surface area contributed by atoms with Gasteiger partial charge >= 0.3 is 0 Å². The van der Waals surface area contributed by atoms with Gasteiger partial charge in [-0.05, 0) is 19.8 Å². The third kappa shape index (κ3) is 3.21. The van der Waals surface area contributed by atoms with E-state index in [2.05, 4.69) is 33.9 Å². The highest BCUT2D eigenvalue weighted by molar-refractivity contribution is 5.78. The van der Waals surface area contributed by atoms with Gasteiger partial charge in [0.1, 0.15) is 5.82 Å². The zero-order valence-electron chi connectivity index (χ0n) is 13.1. The third-order valence-electron chi connectivity index (χ3n) is 4.45. The van der Waals surface area contributed by atoms with Gasteiger partial charge in [0, 0.05) is 36.5 Å². The van der Waals surface area contributed by atoms with E-state index in [1.54, 1.807) is 0 Å². The largest absolute Gasteiger partial charge is 0.354 e. The second-order valence-corrected chi connectivity index (χ2v) is 6.01. The lowest BCUT2D eigenvalue weighted by atomic mass is 10.1. The first-order valence-corrected chi connectivity index (χ1v) is 8.11. The monoisotopic (exact) mass is 297 g/mol. The van der Waals surface area contributed by atoms with Crippen molar-refractivity contribution in [2.24, 2.45) is 5.92 Å². The van der Waals surface area contributed by atoms with Crippen molar-refractivity contribution >= 4 is 5.91 Å². The van der Waals surface area contributed by atoms with E-state index in [4.69, 9.17) is 0 Å². The van der Waals surface area contributed by atoms with Crippen LogP contribution in [0.3, 0.4) is 0 Å². The lowest BCUT2D eigenvalue weighted by molar-refractivity contribution is -0.124. The molecule has 1 fully saturated rings. The van der Waals surface area contributed by atoms with Crippen LogP contribution in [-0.4, -0.2) is 22.0 Å². The number of carbonyl (C=O) groups excluding carboxylic acids is 1. The van der Waals surface area contributed by atoms with Crippen LogP contribution in [0.15, 0.2) is 36.5 Å². The summed E-state index contributed by atoms with van der Waals surface area (Å²) in [7, 11) is 0. The average Bonchev–Trinajstić information content (AvgIpc) is 3.19. The Kier molecular flexibility index (Phi) is 4.56. The van der Waals surface area contributed by atoms with E-state index in [1.165, 1.54) is 12.8 Å². The van der Waals surface area contributed by atoms with Crippen LogP contribution in [-0.2, 0) is 11.3 Å². The van der Waals surface area contributed by atoms with Gasteiger partial charge in [0.2, 0.25) is 5.91 Å². The van der Waals surface area contributed by atoms with Crippen LogP contribution in [0, 0.1) is 12.8 Å². The van der Waals surface area contributed by atoms with Gasteiger partial charge in [-0.1, -0.05) is 43.2 Å². The van der Waals surface area contributed by atoms with E-state index in [0.29, 0.717) is 6.54 Å². The van der Waals surface area contributed by atoms with Crippen molar-refractivity contribution in [2.45, 2.75) is 39.2 Å². The Labute approximate surface area is 131 Å². The van der Waals surface area contributed by atoms with Gasteiger partial charge in [-0.2, -0.15) is 0 Å². The smallest absolute Gasteiger partial charge is 0.223 e. The maximum atomic E-state index is 12.1. The molecule has 0 unspecified atom stereocenters. The molecular weight excluding hydrogens is 274 g/mol. The van der Waals surface area contributed by atoms with E-state index in [1.807, 2.05) is 24.4 Å². The summed E-state index contributed by atoms with van der Waals surface area (Å²) in [5.41, 5.74) is 2.23. The van der Waals surface area contributed by atoms with Gasteiger partial charge in [-0.15, -0.1) is 0 Å². The molecule has 0 spiro atoms. The van der Waals surface area contributed by atoms with E-state index in [9.17, 15) is 4.79 Å². The van der Waals surface area contributed by atoms with Crippen LogP contribution in [0.1, 0.15) is 31.4 Å². The second kappa shape index (κ2) is 6.77. The minimum absolute atomic E-state index is 0.219. The molecule has 1 N–H and O–H groups in total. The maximum absolute atomic E-state index is 12.1. The SMILES string of the molecule is Cc1cnc(-c2ccccc2)n1CCNC(=O)C1CCCC1. The van der Waals surface area contributed by atoms with Crippen molar-refractivity contribution in [1.82, 2.24) is 14.9 Å². The Morgan fingerprint density at radius 1 is 1.27 bits per heavy atom. The molecule has 22 heavy (non-hydrogen) atoms. The molecule has 1 saturated carbocycles. The summed E-state index contributed by atoms with van der Waals surface area (Å²) in [5, 5.41) is 3.08. The van der Waals surface area contributed by atoms with Crippen LogP contribution < -0.4 is 5.32 Å². The Hall–Kier alpha value is -2.10. The summed E-state index contributed by atoms with van der Waals surface area (Å²) in [6.45, 7) is 3.47. The van der Waals surface area contributed by atoms with Gasteiger partial charge in [-0.25, -0.2) is 4.98 Å². The molecule has 4 nitrogen and oxygen atoms in total. The fraction of sp³-hybridized carbons (Fsp3) is 0.444. The fourth-order valence-electron chi connectivity index (χ4n) is 3.18. The fourth-order valence-corrected chi connectivity index (χ4v) is 3.18. The highest BCUT2D eigenvalue weighted by atomic mass is 16.1. The normalized spacial score (nSPS) is 15.1. The lowest BCUT2D eigenvalue weighted by Gasteiger charge is -2.13. The van der Waals surface area contributed by atoms with Crippen molar-refractivity contribution in [3.63, 3.8) is 0 Å². The lowest BCUT2D eigenvalue weighted by Crippen LogP contribution is -2.32. The first kappa shape index (κ1) is 14.8. The first-order valence-electron chi connectivity index (χ1n) is 8.11. The van der Waals surface area contributed by atoms with Crippen LogP contribution >= 0.6 is 0 Å². The molecule has 0 saturated heterocycles. The van der Waals surface area contributed by atoms with Crippen LogP contribution in [0.4, 0.5) is 0 Å². The highest BCUT2D eigenvalue weighted by Gasteiger charge is 2.22. The summed E-state index contributed by atoms with van der Waals surface area (Å²) in [6.07, 6.45) is 6.37. The molecule has 1 amide bonds. The van der Waals surface area contributed by atoms with Gasteiger partial charge in [0.05, 0.1) is 0 Å². The Balaban J connectivity index is 1.63. The number of hydrogen-bond acceptors (Lipinski definition) is 2. The standard InChI is InChI=1S/C18H23N3O/c1-14-13-20-17(15-7-3-2-4-8-15)21(14)12-11-19-18(22)16-9-5-6-10-16/h2-4,7-8,13,16H,5-6,9-12H2,1H3,(H,19,22). The van der Waals surface area contributed by atoms with Crippen LogP contribution in [0.25, 0.3) is 11.4 Å². The molecule has 3 rings (SSSR count). The minimum atomic E-state index is 0.219. The molecule has 1 aliphatic rings. The number of carbonyl (C=O) groups is 1. The van der Waals surface area contributed by atoms with Crippen molar-refractivity contribution in [2.75, 3.05) is 6.54 Å². The number of benzene rings is 1. The van der Waals surface area contributed by atoms with Gasteiger partial charge in [0.25, 0.3) is 0 Å². The molecule has 4 heteroatoms.